The van der Waals surface area contributed by atoms with Crippen molar-refractivity contribution in [2.24, 2.45) is 0 Å². The quantitative estimate of drug-likeness (QED) is 0.592. The largest absolute Gasteiger partial charge is 0.493 e. The molecule has 0 unspecified atom stereocenters. The van der Waals surface area contributed by atoms with Crippen molar-refractivity contribution in [1.82, 2.24) is 14.8 Å². The molecule has 2 aromatic heterocycles. The van der Waals surface area contributed by atoms with Gasteiger partial charge in [0.15, 0.2) is 28.2 Å². The summed E-state index contributed by atoms with van der Waals surface area (Å²) < 4.78 is 17.7. The Hall–Kier alpha value is -2.94. The predicted molar refractivity (Wildman–Crippen MR) is 102 cm³/mol. The highest BCUT2D eigenvalue weighted by Gasteiger charge is 2.16. The Morgan fingerprint density at radius 3 is 2.70 bits per heavy atom. The van der Waals surface area contributed by atoms with Gasteiger partial charge in [-0.2, -0.15) is 0 Å². The van der Waals surface area contributed by atoms with Crippen LogP contribution in [0, 0.1) is 0 Å². The Balaban J connectivity index is 1.64. The Kier molecular flexibility index (Phi) is 6.02. The number of anilines is 1. The molecule has 0 saturated heterocycles. The first-order valence-electron chi connectivity index (χ1n) is 8.28. The lowest BCUT2D eigenvalue weighted by Crippen LogP contribution is -2.14. The van der Waals surface area contributed by atoms with Crippen molar-refractivity contribution in [1.29, 1.82) is 0 Å². The molecule has 9 heteroatoms. The number of thioether (sulfide) groups is 1. The third-order valence-electron chi connectivity index (χ3n) is 3.77. The first-order valence-corrected chi connectivity index (χ1v) is 9.26. The molecule has 1 amide bonds. The number of carbonyl (C=O) groups is 1. The third kappa shape index (κ3) is 4.25. The molecule has 0 atom stereocenters. The van der Waals surface area contributed by atoms with Gasteiger partial charge in [0.2, 0.25) is 5.91 Å². The second-order valence-corrected chi connectivity index (χ2v) is 6.38. The molecule has 3 aromatic rings. The molecule has 27 heavy (non-hydrogen) atoms. The van der Waals surface area contributed by atoms with Gasteiger partial charge in [-0.05, 0) is 31.2 Å². The topological polar surface area (TPSA) is 91.4 Å². The van der Waals surface area contributed by atoms with Crippen LogP contribution in [0.2, 0.25) is 0 Å². The number of rotatable bonds is 8. The second-order valence-electron chi connectivity index (χ2n) is 5.43. The van der Waals surface area contributed by atoms with E-state index in [0.29, 0.717) is 40.5 Å². The smallest absolute Gasteiger partial charge is 0.234 e. The number of methoxy groups -OCH3 is 2. The summed E-state index contributed by atoms with van der Waals surface area (Å²) in [5, 5.41) is 11.8. The number of ether oxygens (including phenoxy) is 2. The normalized spacial score (nSPS) is 10.6. The average Bonchev–Trinajstić information content (AvgIpc) is 3.35. The van der Waals surface area contributed by atoms with Gasteiger partial charge in [0.05, 0.1) is 26.2 Å². The first kappa shape index (κ1) is 18.8. The molecule has 1 N–H and O–H groups in total. The monoisotopic (exact) mass is 388 g/mol. The van der Waals surface area contributed by atoms with E-state index in [4.69, 9.17) is 13.9 Å². The molecule has 0 aliphatic rings. The predicted octanol–water partition coefficient (Wildman–Crippen LogP) is 3.31. The Morgan fingerprint density at radius 2 is 2.04 bits per heavy atom. The van der Waals surface area contributed by atoms with Gasteiger partial charge >= 0.3 is 0 Å². The number of nitrogens with one attached hydrogen (secondary N) is 1. The van der Waals surface area contributed by atoms with Crippen molar-refractivity contribution in [3.63, 3.8) is 0 Å². The number of amides is 1. The molecular weight excluding hydrogens is 368 g/mol. The van der Waals surface area contributed by atoms with Crippen molar-refractivity contribution in [2.75, 3.05) is 25.3 Å². The first-order chi connectivity index (χ1) is 13.2. The fraction of sp³-hybridized carbons (Fsp3) is 0.278. The lowest BCUT2D eigenvalue weighted by molar-refractivity contribution is -0.113. The fourth-order valence-corrected chi connectivity index (χ4v) is 3.31. The lowest BCUT2D eigenvalue weighted by atomic mass is 10.2. The van der Waals surface area contributed by atoms with Crippen LogP contribution in [0.25, 0.3) is 11.6 Å². The number of hydrogen-bond donors (Lipinski definition) is 1. The van der Waals surface area contributed by atoms with Crippen molar-refractivity contribution in [2.45, 2.75) is 18.6 Å². The summed E-state index contributed by atoms with van der Waals surface area (Å²) in [5.74, 6) is 2.49. The summed E-state index contributed by atoms with van der Waals surface area (Å²) in [5.41, 5.74) is 0.631. The van der Waals surface area contributed by atoms with E-state index in [2.05, 4.69) is 15.5 Å². The maximum atomic E-state index is 12.3. The van der Waals surface area contributed by atoms with Crippen LogP contribution in [0.5, 0.6) is 11.5 Å². The maximum Gasteiger partial charge on any atom is 0.234 e. The van der Waals surface area contributed by atoms with Crippen LogP contribution in [0.1, 0.15) is 6.92 Å². The highest BCUT2D eigenvalue weighted by molar-refractivity contribution is 7.99. The minimum absolute atomic E-state index is 0.155. The minimum Gasteiger partial charge on any atom is -0.493 e. The molecule has 1 aromatic carbocycles. The zero-order chi connectivity index (χ0) is 19.2. The second kappa shape index (κ2) is 8.63. The van der Waals surface area contributed by atoms with Gasteiger partial charge in [-0.25, -0.2) is 0 Å². The summed E-state index contributed by atoms with van der Waals surface area (Å²) in [6, 6.07) is 8.84. The number of benzene rings is 1. The van der Waals surface area contributed by atoms with Gasteiger partial charge in [0, 0.05) is 18.3 Å². The molecule has 0 aliphatic heterocycles. The van der Waals surface area contributed by atoms with E-state index < -0.39 is 0 Å². The van der Waals surface area contributed by atoms with Gasteiger partial charge in [-0.1, -0.05) is 11.8 Å². The van der Waals surface area contributed by atoms with Gasteiger partial charge in [0.25, 0.3) is 0 Å². The lowest BCUT2D eigenvalue weighted by Gasteiger charge is -2.10. The number of nitrogens with zero attached hydrogens (tertiary/aromatic N) is 3. The molecule has 0 spiro atoms. The minimum atomic E-state index is -0.155. The average molecular weight is 388 g/mol. The van der Waals surface area contributed by atoms with E-state index in [1.807, 2.05) is 17.6 Å². The van der Waals surface area contributed by atoms with Crippen LogP contribution in [0.4, 0.5) is 5.69 Å². The Bertz CT molecular complexity index is 908. The van der Waals surface area contributed by atoms with Crippen molar-refractivity contribution in [3.8, 4) is 23.1 Å². The number of hydrogen-bond acceptors (Lipinski definition) is 7. The Morgan fingerprint density at radius 1 is 1.22 bits per heavy atom. The number of carbonyl (C=O) groups excluding carboxylic acids is 1. The molecule has 2 heterocycles. The summed E-state index contributed by atoms with van der Waals surface area (Å²) in [6.07, 6.45) is 1.59. The molecule has 0 aliphatic carbocycles. The van der Waals surface area contributed by atoms with Crippen LogP contribution >= 0.6 is 11.8 Å². The molecule has 0 saturated carbocycles. The van der Waals surface area contributed by atoms with Crippen LogP contribution in [-0.2, 0) is 11.3 Å². The van der Waals surface area contributed by atoms with E-state index in [1.54, 1.807) is 44.7 Å². The van der Waals surface area contributed by atoms with Crippen LogP contribution in [0.15, 0.2) is 46.2 Å². The zero-order valence-electron chi connectivity index (χ0n) is 15.3. The molecule has 142 valence electrons. The zero-order valence-corrected chi connectivity index (χ0v) is 16.1. The molecule has 0 fully saturated rings. The maximum absolute atomic E-state index is 12.3. The summed E-state index contributed by atoms with van der Waals surface area (Å²) in [6.45, 7) is 2.66. The van der Waals surface area contributed by atoms with Crippen molar-refractivity contribution < 1.29 is 18.7 Å². The SMILES string of the molecule is CCn1c(SCC(=O)Nc2ccc(OC)c(OC)c2)nnc1-c1ccco1. The van der Waals surface area contributed by atoms with Gasteiger partial charge in [0.1, 0.15) is 0 Å². The van der Waals surface area contributed by atoms with Crippen LogP contribution in [0.3, 0.4) is 0 Å². The van der Waals surface area contributed by atoms with E-state index in [-0.39, 0.29) is 11.7 Å². The van der Waals surface area contributed by atoms with Gasteiger partial charge in [-0.15, -0.1) is 10.2 Å². The van der Waals surface area contributed by atoms with E-state index in [9.17, 15) is 4.79 Å². The highest BCUT2D eigenvalue weighted by atomic mass is 32.2. The summed E-state index contributed by atoms with van der Waals surface area (Å²) in [7, 11) is 3.11. The standard InChI is InChI=1S/C18H20N4O4S/c1-4-22-17(14-6-5-9-26-14)20-21-18(22)27-11-16(23)19-12-7-8-13(24-2)15(10-12)25-3/h5-10H,4,11H2,1-3H3,(H,19,23). The molecular formula is C18H20N4O4S. The van der Waals surface area contributed by atoms with Crippen molar-refractivity contribution in [3.05, 3.63) is 36.6 Å². The van der Waals surface area contributed by atoms with Crippen LogP contribution in [-0.4, -0.2) is 40.6 Å². The van der Waals surface area contributed by atoms with E-state index in [1.165, 1.54) is 11.8 Å². The fourth-order valence-electron chi connectivity index (χ4n) is 2.51. The van der Waals surface area contributed by atoms with Gasteiger partial charge < -0.3 is 19.2 Å². The van der Waals surface area contributed by atoms with E-state index in [0.717, 1.165) is 0 Å². The third-order valence-corrected chi connectivity index (χ3v) is 4.74. The van der Waals surface area contributed by atoms with E-state index >= 15 is 0 Å². The molecule has 0 bridgehead atoms. The number of furan rings is 1. The highest BCUT2D eigenvalue weighted by Crippen LogP contribution is 2.30. The summed E-state index contributed by atoms with van der Waals surface area (Å²) in [4.78, 5) is 12.3. The summed E-state index contributed by atoms with van der Waals surface area (Å²) >= 11 is 1.31. The molecule has 0 radical (unpaired) electrons. The van der Waals surface area contributed by atoms with Crippen LogP contribution < -0.4 is 14.8 Å². The Labute approximate surface area is 160 Å². The molecule has 3 rings (SSSR count). The van der Waals surface area contributed by atoms with Crippen molar-refractivity contribution >= 4 is 23.4 Å². The van der Waals surface area contributed by atoms with Gasteiger partial charge in [-0.3, -0.25) is 9.36 Å². The number of aromatic nitrogens is 3. The molecule has 8 nitrogen and oxygen atoms in total.